The van der Waals surface area contributed by atoms with Crippen LogP contribution in [-0.4, -0.2) is 111 Å². The van der Waals surface area contributed by atoms with Gasteiger partial charge in [0.25, 0.3) is 5.91 Å². The molecule has 3 aromatic carbocycles. The highest BCUT2D eigenvalue weighted by Crippen LogP contribution is 2.32. The Morgan fingerprint density at radius 2 is 1.68 bits per heavy atom. The van der Waals surface area contributed by atoms with Crippen LogP contribution in [0.3, 0.4) is 0 Å². The molecule has 0 bridgehead atoms. The second-order valence-corrected chi connectivity index (χ2v) is 17.3. The Balaban J connectivity index is 0.882. The van der Waals surface area contributed by atoms with E-state index in [9.17, 15) is 14.4 Å². The molecule has 2 saturated heterocycles. The number of halogens is 2. The van der Waals surface area contributed by atoms with E-state index in [-0.39, 0.29) is 35.1 Å². The molecule has 1 unspecified atom stereocenters. The Hall–Kier alpha value is -5.25. The van der Waals surface area contributed by atoms with Crippen molar-refractivity contribution in [2.75, 3.05) is 63.1 Å². The summed E-state index contributed by atoms with van der Waals surface area (Å²) in [5, 5.41) is 3.17. The van der Waals surface area contributed by atoms with Crippen LogP contribution in [0.5, 0.6) is 0 Å². The fraction of sp³-hybridized carbons (Fsp3) is 0.422. The fourth-order valence-electron chi connectivity index (χ4n) is 8.23. The predicted octanol–water partition coefficient (Wildman–Crippen LogP) is 8.20. The number of anilines is 3. The molecule has 0 aliphatic carbocycles. The minimum atomic E-state index is -0.643. The third-order valence-corrected chi connectivity index (χ3v) is 12.8. The van der Waals surface area contributed by atoms with Gasteiger partial charge in [-0.05, 0) is 119 Å². The van der Waals surface area contributed by atoms with Crippen molar-refractivity contribution in [2.24, 2.45) is 5.92 Å². The number of benzene rings is 3. The third-order valence-electron chi connectivity index (χ3n) is 11.7. The summed E-state index contributed by atoms with van der Waals surface area (Å²) in [6.07, 6.45) is 5.77. The normalized spacial score (nSPS) is 16.0. The van der Waals surface area contributed by atoms with E-state index in [0.29, 0.717) is 46.8 Å². The molecule has 2 aromatic heterocycles. The Morgan fingerprint density at radius 3 is 2.37 bits per heavy atom. The van der Waals surface area contributed by atoms with Crippen LogP contribution in [-0.2, 0) is 4.79 Å². The maximum absolute atomic E-state index is 15.2. The van der Waals surface area contributed by atoms with Gasteiger partial charge in [-0.1, -0.05) is 0 Å². The number of carbonyl (C=O) groups is 3. The molecule has 0 spiro atoms. The van der Waals surface area contributed by atoms with Gasteiger partial charge in [0.1, 0.15) is 23.3 Å². The number of fused-ring (bicyclic) bond motifs is 1. The number of nitrogens with one attached hydrogen (secondary N) is 1. The summed E-state index contributed by atoms with van der Waals surface area (Å²) in [6, 6.07) is 16.4. The zero-order valence-electron chi connectivity index (χ0n) is 34.9. The van der Waals surface area contributed by atoms with E-state index in [1.54, 1.807) is 36.0 Å². The summed E-state index contributed by atoms with van der Waals surface area (Å²) in [5.41, 5.74) is 3.64. The zero-order chi connectivity index (χ0) is 42.5. The van der Waals surface area contributed by atoms with Crippen LogP contribution in [0.25, 0.3) is 22.3 Å². The van der Waals surface area contributed by atoms with Crippen LogP contribution in [0.2, 0.25) is 0 Å². The second-order valence-electron chi connectivity index (χ2n) is 16.1. The largest absolute Gasteiger partial charge is 0.371 e. The summed E-state index contributed by atoms with van der Waals surface area (Å²) in [6.45, 7) is 14.4. The monoisotopic (exact) mass is 837 g/mol. The van der Waals surface area contributed by atoms with Gasteiger partial charge in [0, 0.05) is 98.8 Å². The molecular formula is C45H53F2N9O3S. The van der Waals surface area contributed by atoms with Crippen LogP contribution in [0.15, 0.2) is 65.7 Å². The molecule has 1 amide bonds. The number of nitrogens with zero attached hydrogens (tertiary/aromatic N) is 8. The van der Waals surface area contributed by atoms with Crippen LogP contribution in [0.4, 0.5) is 26.1 Å². The molecule has 5 aromatic rings. The molecule has 15 heteroatoms. The predicted molar refractivity (Wildman–Crippen MR) is 233 cm³/mol. The van der Waals surface area contributed by atoms with Crippen molar-refractivity contribution < 1.29 is 23.2 Å². The van der Waals surface area contributed by atoms with Gasteiger partial charge in [-0.25, -0.2) is 28.0 Å². The van der Waals surface area contributed by atoms with Gasteiger partial charge in [-0.3, -0.25) is 9.59 Å². The summed E-state index contributed by atoms with van der Waals surface area (Å²) in [5.74, 6) is 0.104. The standard InChI is InChI=1S/C45H53F2N9O3S/c1-29(2)56-31(4)49-43-39(46)23-34(24-41(43)56)42-40(47)26-48-45(51-42)50-35-9-12-37(13-10-35)60-55-20-18-53(19-21-55)27-32-14-16-54(17-15-32)36-11-8-33(28-58)38(25-36)44(59)52(5)30(3)7-6-22-57/h8-13,22-26,28-30,32H,6-7,14-21,27H2,1-5H3,(H,48,50,51). The number of imidazole rings is 1. The van der Waals surface area contributed by atoms with E-state index < -0.39 is 11.6 Å². The first-order valence-electron chi connectivity index (χ1n) is 20.7. The van der Waals surface area contributed by atoms with Gasteiger partial charge < -0.3 is 29.4 Å². The highest BCUT2D eigenvalue weighted by molar-refractivity contribution is 7.97. The van der Waals surface area contributed by atoms with Crippen LogP contribution >= 0.6 is 11.9 Å². The molecule has 60 heavy (non-hydrogen) atoms. The Labute approximate surface area is 354 Å². The number of amides is 1. The van der Waals surface area contributed by atoms with E-state index in [1.165, 1.54) is 6.07 Å². The minimum Gasteiger partial charge on any atom is -0.371 e. The van der Waals surface area contributed by atoms with Gasteiger partial charge in [0.05, 0.1) is 17.3 Å². The number of piperazine rings is 1. The van der Waals surface area contributed by atoms with Gasteiger partial charge in [0.2, 0.25) is 5.95 Å². The molecule has 0 radical (unpaired) electrons. The van der Waals surface area contributed by atoms with Crippen molar-refractivity contribution in [3.63, 3.8) is 0 Å². The lowest BCUT2D eigenvalue weighted by atomic mass is 9.95. The molecule has 0 saturated carbocycles. The van der Waals surface area contributed by atoms with E-state index >= 15 is 8.78 Å². The first-order valence-corrected chi connectivity index (χ1v) is 21.5. The smallest absolute Gasteiger partial charge is 0.254 e. The third kappa shape index (κ3) is 9.69. The van der Waals surface area contributed by atoms with Gasteiger partial charge >= 0.3 is 0 Å². The average Bonchev–Trinajstić information content (AvgIpc) is 3.60. The van der Waals surface area contributed by atoms with Crippen LogP contribution in [0, 0.1) is 24.5 Å². The molecule has 7 rings (SSSR count). The van der Waals surface area contributed by atoms with Crippen LogP contribution in [0.1, 0.15) is 79.0 Å². The van der Waals surface area contributed by atoms with Gasteiger partial charge in [0.15, 0.2) is 17.9 Å². The summed E-state index contributed by atoms with van der Waals surface area (Å²) in [4.78, 5) is 56.6. The van der Waals surface area contributed by atoms with Crippen molar-refractivity contribution in [3.05, 3.63) is 89.4 Å². The maximum Gasteiger partial charge on any atom is 0.254 e. The maximum atomic E-state index is 15.2. The quantitative estimate of drug-likeness (QED) is 0.0812. The number of hydrogen-bond acceptors (Lipinski definition) is 11. The number of carbonyl (C=O) groups excluding carboxylic acids is 3. The van der Waals surface area contributed by atoms with E-state index in [2.05, 4.69) is 34.4 Å². The van der Waals surface area contributed by atoms with Crippen molar-refractivity contribution in [2.45, 2.75) is 70.4 Å². The number of piperidine rings is 1. The summed E-state index contributed by atoms with van der Waals surface area (Å²) in [7, 11) is 1.72. The van der Waals surface area contributed by atoms with Crippen molar-refractivity contribution in [3.8, 4) is 11.3 Å². The highest BCUT2D eigenvalue weighted by Gasteiger charge is 2.27. The number of aromatic nitrogens is 4. The zero-order valence-corrected chi connectivity index (χ0v) is 35.7. The first-order chi connectivity index (χ1) is 28.9. The van der Waals surface area contributed by atoms with E-state index in [0.717, 1.165) is 93.7 Å². The lowest BCUT2D eigenvalue weighted by Crippen LogP contribution is -2.46. The molecule has 2 aliphatic heterocycles. The van der Waals surface area contributed by atoms with Crippen molar-refractivity contribution >= 4 is 58.8 Å². The molecule has 4 heterocycles. The van der Waals surface area contributed by atoms with Crippen LogP contribution < -0.4 is 10.2 Å². The topological polar surface area (TPSA) is 120 Å². The molecule has 1 N–H and O–H groups in total. The van der Waals surface area contributed by atoms with Crippen molar-refractivity contribution in [1.29, 1.82) is 0 Å². The Kier molecular flexibility index (Phi) is 13.6. The number of aryl methyl sites for hydroxylation is 1. The first kappa shape index (κ1) is 42.9. The SMILES string of the molecule is Cc1nc2c(F)cc(-c3nc(Nc4ccc(SN5CCN(CC6CCN(c7ccc(C=O)c(C(=O)N(C)C(C)CCC=O)c7)CC6)CC5)cc4)ncc3F)cc2n1C(C)C. The number of hydrogen-bond donors (Lipinski definition) is 1. The molecule has 2 aliphatic rings. The highest BCUT2D eigenvalue weighted by atomic mass is 32.2. The average molecular weight is 838 g/mol. The van der Waals surface area contributed by atoms with Crippen molar-refractivity contribution in [1.82, 2.24) is 33.6 Å². The lowest BCUT2D eigenvalue weighted by Gasteiger charge is -2.39. The Bertz CT molecular complexity index is 2320. The van der Waals surface area contributed by atoms with E-state index in [4.69, 9.17) is 0 Å². The molecule has 1 atom stereocenters. The summed E-state index contributed by atoms with van der Waals surface area (Å²) >= 11 is 1.73. The number of rotatable bonds is 15. The number of aldehydes is 2. The molecule has 12 nitrogen and oxygen atoms in total. The fourth-order valence-corrected chi connectivity index (χ4v) is 9.13. The Morgan fingerprint density at radius 1 is 0.950 bits per heavy atom. The summed E-state index contributed by atoms with van der Waals surface area (Å²) < 4.78 is 34.5. The molecular weight excluding hydrogens is 785 g/mol. The second kappa shape index (κ2) is 19.0. The van der Waals surface area contributed by atoms with E-state index in [1.807, 2.05) is 68.7 Å². The minimum absolute atomic E-state index is 0.00729. The van der Waals surface area contributed by atoms with Gasteiger partial charge in [-0.15, -0.1) is 0 Å². The van der Waals surface area contributed by atoms with Gasteiger partial charge in [-0.2, -0.15) is 0 Å². The molecule has 316 valence electrons. The lowest BCUT2D eigenvalue weighted by molar-refractivity contribution is -0.108. The molecule has 2 fully saturated rings.